The van der Waals surface area contributed by atoms with Gasteiger partial charge in [0.05, 0.1) is 5.56 Å². The normalized spacial score (nSPS) is 12.2. The second-order valence-corrected chi connectivity index (χ2v) is 5.97. The molecule has 1 atom stereocenters. The highest BCUT2D eigenvalue weighted by atomic mass is 32.1. The topological polar surface area (TPSA) is 104 Å². The second kappa shape index (κ2) is 8.60. The molecule has 7 nitrogen and oxygen atoms in total. The number of hydrogen-bond acceptors (Lipinski definition) is 5. The van der Waals surface area contributed by atoms with Crippen molar-refractivity contribution in [1.82, 2.24) is 10.6 Å². The van der Waals surface area contributed by atoms with Gasteiger partial charge < -0.3 is 20.7 Å². The molecule has 0 saturated carbocycles. The lowest BCUT2D eigenvalue weighted by Gasteiger charge is -2.16. The Hall–Kier alpha value is -2.43. The minimum atomic E-state index is -4.69. The minimum Gasteiger partial charge on any atom is -0.357 e. The van der Waals surface area contributed by atoms with Gasteiger partial charge in [-0.15, -0.1) is 11.3 Å². The molecule has 25 heavy (non-hydrogen) atoms. The fourth-order valence-electron chi connectivity index (χ4n) is 1.87. The fraction of sp³-hybridized carbons (Fsp3) is 0.429. The molecule has 0 spiro atoms. The number of nitrogens with one attached hydrogen (secondary N) is 3. The number of carbonyl (C=O) groups excluding carboxylic acids is 4. The fourth-order valence-corrected chi connectivity index (χ4v) is 2.83. The lowest BCUT2D eigenvalue weighted by Crippen LogP contribution is -2.45. The Kier molecular flexibility index (Phi) is 7.09. The van der Waals surface area contributed by atoms with Crippen LogP contribution >= 0.6 is 11.3 Å². The highest BCUT2D eigenvalue weighted by Crippen LogP contribution is 2.39. The quantitative estimate of drug-likeness (QED) is 0.625. The molecule has 0 saturated heterocycles. The van der Waals surface area contributed by atoms with Gasteiger partial charge in [0.2, 0.25) is 11.8 Å². The van der Waals surface area contributed by atoms with Crippen LogP contribution in [-0.2, 0) is 20.6 Å². The number of halogens is 3. The zero-order valence-electron chi connectivity index (χ0n) is 13.3. The molecular formula is C14H16F3N3O4S. The summed E-state index contributed by atoms with van der Waals surface area (Å²) in [5, 5.41) is 6.46. The summed E-state index contributed by atoms with van der Waals surface area (Å²) in [5.74, 6) is -2.20. The number of likely N-dealkylation sites (N-methyl/N-ethyl adjacent to an activating group) is 1. The van der Waals surface area contributed by atoms with Crippen molar-refractivity contribution < 1.29 is 32.3 Å². The summed E-state index contributed by atoms with van der Waals surface area (Å²) in [6.07, 6.45) is -4.17. The van der Waals surface area contributed by atoms with Gasteiger partial charge in [0, 0.05) is 20.4 Å². The van der Waals surface area contributed by atoms with Crippen molar-refractivity contribution in [1.29, 1.82) is 0 Å². The van der Waals surface area contributed by atoms with E-state index in [1.165, 1.54) is 7.05 Å². The van der Waals surface area contributed by atoms with Crippen LogP contribution in [0.25, 0.3) is 0 Å². The molecule has 0 aliphatic carbocycles. The van der Waals surface area contributed by atoms with Crippen molar-refractivity contribution in [2.75, 3.05) is 12.4 Å². The van der Waals surface area contributed by atoms with E-state index < -0.39 is 40.4 Å². The molecule has 0 aliphatic heterocycles. The lowest BCUT2D eigenvalue weighted by atomic mass is 10.1. The van der Waals surface area contributed by atoms with Crippen LogP contribution in [0, 0.1) is 0 Å². The second-order valence-electron chi connectivity index (χ2n) is 4.92. The Morgan fingerprint density at radius 3 is 2.44 bits per heavy atom. The van der Waals surface area contributed by atoms with Crippen LogP contribution in [0.1, 0.15) is 35.0 Å². The first-order valence-electron chi connectivity index (χ1n) is 7.04. The maximum atomic E-state index is 12.9. The van der Waals surface area contributed by atoms with Crippen LogP contribution < -0.4 is 16.0 Å². The monoisotopic (exact) mass is 379 g/mol. The molecule has 3 N–H and O–H groups in total. The smallest absolute Gasteiger partial charge is 0.357 e. The van der Waals surface area contributed by atoms with Gasteiger partial charge in [-0.1, -0.05) is 0 Å². The average Bonchev–Trinajstić information content (AvgIpc) is 2.93. The summed E-state index contributed by atoms with van der Waals surface area (Å²) in [6, 6.07) is -0.492. The van der Waals surface area contributed by atoms with Gasteiger partial charge in [-0.25, -0.2) is 0 Å². The Morgan fingerprint density at radius 2 is 1.96 bits per heavy atom. The van der Waals surface area contributed by atoms with E-state index in [0.29, 0.717) is 12.4 Å². The van der Waals surface area contributed by atoms with Crippen LogP contribution in [0.3, 0.4) is 0 Å². The molecule has 0 bridgehead atoms. The molecule has 138 valence electrons. The number of anilines is 1. The third-order valence-corrected chi connectivity index (χ3v) is 4.08. The molecule has 1 unspecified atom stereocenters. The highest BCUT2D eigenvalue weighted by Gasteiger charge is 2.35. The van der Waals surface area contributed by atoms with E-state index >= 15 is 0 Å². The summed E-state index contributed by atoms with van der Waals surface area (Å²) < 4.78 is 38.6. The Morgan fingerprint density at radius 1 is 1.32 bits per heavy atom. The first-order valence-corrected chi connectivity index (χ1v) is 7.86. The van der Waals surface area contributed by atoms with E-state index in [0.717, 1.165) is 6.92 Å². The molecule has 1 aromatic heterocycles. The summed E-state index contributed by atoms with van der Waals surface area (Å²) in [5.41, 5.74) is -0.410. The Bertz CT molecular complexity index is 673. The molecule has 0 radical (unpaired) electrons. The number of carbonyl (C=O) groups is 4. The van der Waals surface area contributed by atoms with Crippen molar-refractivity contribution >= 4 is 40.3 Å². The Labute approximate surface area is 145 Å². The van der Waals surface area contributed by atoms with E-state index in [4.69, 9.17) is 0 Å². The van der Waals surface area contributed by atoms with E-state index in [9.17, 15) is 32.3 Å². The summed E-state index contributed by atoms with van der Waals surface area (Å²) >= 11 is 0.208. The van der Waals surface area contributed by atoms with Gasteiger partial charge in [-0.2, -0.15) is 13.2 Å². The lowest BCUT2D eigenvalue weighted by molar-refractivity contribution is -0.134. The molecule has 0 fully saturated rings. The van der Waals surface area contributed by atoms with E-state index in [-0.39, 0.29) is 29.2 Å². The highest BCUT2D eigenvalue weighted by molar-refractivity contribution is 7.16. The predicted molar refractivity (Wildman–Crippen MR) is 84.2 cm³/mol. The average molecular weight is 379 g/mol. The largest absolute Gasteiger partial charge is 0.425 e. The zero-order chi connectivity index (χ0) is 19.2. The van der Waals surface area contributed by atoms with E-state index in [1.807, 2.05) is 0 Å². The SMILES string of the molecule is CNC(=O)C(CCC=O)NC(=O)c1cc(C(F)(F)F)sc1NC(C)=O. The maximum absolute atomic E-state index is 12.9. The third kappa shape index (κ3) is 5.85. The van der Waals surface area contributed by atoms with Crippen molar-refractivity contribution in [3.63, 3.8) is 0 Å². The summed E-state index contributed by atoms with van der Waals surface area (Å²) in [7, 11) is 1.32. The van der Waals surface area contributed by atoms with Gasteiger partial charge >= 0.3 is 6.18 Å². The van der Waals surface area contributed by atoms with Gasteiger partial charge in [0.25, 0.3) is 5.91 Å². The van der Waals surface area contributed by atoms with E-state index in [2.05, 4.69) is 16.0 Å². The van der Waals surface area contributed by atoms with Gasteiger partial charge in [-0.05, 0) is 12.5 Å². The van der Waals surface area contributed by atoms with Crippen LogP contribution in [0.15, 0.2) is 6.07 Å². The molecule has 0 aromatic carbocycles. The van der Waals surface area contributed by atoms with Crippen LogP contribution in [0.2, 0.25) is 0 Å². The number of rotatable bonds is 7. The molecule has 1 heterocycles. The van der Waals surface area contributed by atoms with Crippen LogP contribution in [0.5, 0.6) is 0 Å². The molecule has 3 amide bonds. The van der Waals surface area contributed by atoms with E-state index in [1.54, 1.807) is 0 Å². The zero-order valence-corrected chi connectivity index (χ0v) is 14.1. The third-order valence-electron chi connectivity index (χ3n) is 2.99. The molecular weight excluding hydrogens is 363 g/mol. The van der Waals surface area contributed by atoms with Crippen molar-refractivity contribution in [3.8, 4) is 0 Å². The molecule has 11 heteroatoms. The predicted octanol–water partition coefficient (Wildman–Crippen LogP) is 1.55. The number of hydrogen-bond donors (Lipinski definition) is 3. The number of amides is 3. The van der Waals surface area contributed by atoms with Gasteiger partial charge in [0.15, 0.2) is 0 Å². The summed E-state index contributed by atoms with van der Waals surface area (Å²) in [4.78, 5) is 44.5. The van der Waals surface area contributed by atoms with Crippen molar-refractivity contribution in [2.24, 2.45) is 0 Å². The number of thiophene rings is 1. The molecule has 1 aromatic rings. The minimum absolute atomic E-state index is 0.0132. The van der Waals surface area contributed by atoms with Crippen LogP contribution in [0.4, 0.5) is 18.2 Å². The number of alkyl halides is 3. The molecule has 1 rings (SSSR count). The Balaban J connectivity index is 3.12. The van der Waals surface area contributed by atoms with Gasteiger partial charge in [0.1, 0.15) is 22.2 Å². The number of aldehydes is 1. The van der Waals surface area contributed by atoms with Crippen LogP contribution in [-0.4, -0.2) is 37.1 Å². The van der Waals surface area contributed by atoms with Gasteiger partial charge in [-0.3, -0.25) is 14.4 Å². The van der Waals surface area contributed by atoms with Crippen molar-refractivity contribution in [2.45, 2.75) is 32.0 Å². The summed E-state index contributed by atoms with van der Waals surface area (Å²) in [6.45, 7) is 1.09. The first-order chi connectivity index (χ1) is 11.6. The standard InChI is InChI=1S/C14H16F3N3O4S/c1-7(22)19-13-8(6-10(25-13)14(15,16)17)11(23)20-9(4-3-5-21)12(24)18-2/h5-6,9H,3-4H2,1-2H3,(H,18,24)(H,19,22)(H,20,23). The van der Waals surface area contributed by atoms with Crippen molar-refractivity contribution in [3.05, 3.63) is 16.5 Å². The maximum Gasteiger partial charge on any atom is 0.425 e. The first kappa shape index (κ1) is 20.6. The molecule has 0 aliphatic rings.